The van der Waals surface area contributed by atoms with Gasteiger partial charge in [-0.25, -0.2) is 0 Å². The molecule has 0 aromatic heterocycles. The smallest absolute Gasteiger partial charge is 0.260 e. The van der Waals surface area contributed by atoms with Crippen LogP contribution in [0.3, 0.4) is 0 Å². The second-order valence-corrected chi connectivity index (χ2v) is 4.94. The van der Waals surface area contributed by atoms with E-state index in [1.807, 2.05) is 5.48 Å². The van der Waals surface area contributed by atoms with Crippen LogP contribution >= 0.6 is 0 Å². The van der Waals surface area contributed by atoms with E-state index >= 15 is 0 Å². The normalized spacial score (nSPS) is 22.2. The summed E-state index contributed by atoms with van der Waals surface area (Å²) < 4.78 is 10.5. The predicted octanol–water partition coefficient (Wildman–Crippen LogP) is 0.402. The first-order chi connectivity index (χ1) is 10.2. The summed E-state index contributed by atoms with van der Waals surface area (Å²) in [6, 6.07) is 2.46. The van der Waals surface area contributed by atoms with Crippen LogP contribution in [0.25, 0.3) is 0 Å². The Bertz CT molecular complexity index is 699. The van der Waals surface area contributed by atoms with Crippen LogP contribution in [0, 0.1) is 0 Å². The number of ether oxygens (including phenoxy) is 2. The lowest BCUT2D eigenvalue weighted by Crippen LogP contribution is -2.38. The molecule has 3 N–H and O–H groups in total. The summed E-state index contributed by atoms with van der Waals surface area (Å²) in [5.41, 5.74) is 3.12. The maximum Gasteiger partial charge on any atom is 0.260 e. The molecule has 0 saturated heterocycles. The Morgan fingerprint density at radius 3 is 2.81 bits per heavy atom. The van der Waals surface area contributed by atoms with Gasteiger partial charge in [0, 0.05) is 18.7 Å². The molecular formula is C13H11N3O5. The van der Waals surface area contributed by atoms with Crippen molar-refractivity contribution in [1.82, 2.24) is 10.4 Å². The molecule has 3 aliphatic rings. The Labute approximate surface area is 118 Å². The molecule has 1 unspecified atom stereocenters. The highest BCUT2D eigenvalue weighted by Gasteiger charge is 2.39. The van der Waals surface area contributed by atoms with Crippen molar-refractivity contribution >= 4 is 17.5 Å². The molecule has 1 aromatic carbocycles. The van der Waals surface area contributed by atoms with Gasteiger partial charge in [0.1, 0.15) is 6.04 Å². The molecule has 0 saturated carbocycles. The maximum absolute atomic E-state index is 12.6. The van der Waals surface area contributed by atoms with Gasteiger partial charge >= 0.3 is 0 Å². The molecule has 1 aromatic rings. The zero-order valence-electron chi connectivity index (χ0n) is 10.8. The lowest BCUT2D eigenvalue weighted by Gasteiger charge is -2.18. The Kier molecular flexibility index (Phi) is 2.36. The Hall–Kier alpha value is -2.74. The van der Waals surface area contributed by atoms with Crippen molar-refractivity contribution in [3.05, 3.63) is 29.6 Å². The van der Waals surface area contributed by atoms with Crippen LogP contribution in [0.5, 0.6) is 11.5 Å². The predicted molar refractivity (Wildman–Crippen MR) is 68.8 cm³/mol. The SMILES string of the molecule is O=C1Nc2cc3c(cc2C(=O)N2C=C(NO)CC12)OCO3. The number of hydrogen-bond donors (Lipinski definition) is 3. The summed E-state index contributed by atoms with van der Waals surface area (Å²) in [5, 5.41) is 11.7. The van der Waals surface area contributed by atoms with Gasteiger partial charge in [-0.15, -0.1) is 0 Å². The van der Waals surface area contributed by atoms with Crippen LogP contribution < -0.4 is 20.3 Å². The third-order valence-electron chi connectivity index (χ3n) is 3.73. The van der Waals surface area contributed by atoms with Gasteiger partial charge in [-0.2, -0.15) is 0 Å². The van der Waals surface area contributed by atoms with E-state index in [0.717, 1.165) is 0 Å². The molecule has 21 heavy (non-hydrogen) atoms. The van der Waals surface area contributed by atoms with Gasteiger partial charge in [-0.3, -0.25) is 20.3 Å². The van der Waals surface area contributed by atoms with Crippen LogP contribution in [0.2, 0.25) is 0 Å². The number of nitrogens with one attached hydrogen (secondary N) is 2. The molecule has 0 fully saturated rings. The molecular weight excluding hydrogens is 278 g/mol. The summed E-state index contributed by atoms with van der Waals surface area (Å²) in [7, 11) is 0. The Morgan fingerprint density at radius 1 is 1.29 bits per heavy atom. The fourth-order valence-corrected chi connectivity index (χ4v) is 2.69. The van der Waals surface area contributed by atoms with E-state index in [2.05, 4.69) is 5.32 Å². The number of carbonyl (C=O) groups is 2. The first-order valence-corrected chi connectivity index (χ1v) is 6.35. The first kappa shape index (κ1) is 12.0. The fourth-order valence-electron chi connectivity index (χ4n) is 2.69. The maximum atomic E-state index is 12.6. The van der Waals surface area contributed by atoms with E-state index in [1.165, 1.54) is 11.1 Å². The van der Waals surface area contributed by atoms with Crippen LogP contribution in [-0.4, -0.2) is 34.8 Å². The molecule has 3 aliphatic heterocycles. The van der Waals surface area contributed by atoms with E-state index in [-0.39, 0.29) is 25.0 Å². The largest absolute Gasteiger partial charge is 0.454 e. The highest BCUT2D eigenvalue weighted by atomic mass is 16.7. The number of anilines is 1. The summed E-state index contributed by atoms with van der Waals surface area (Å²) in [4.78, 5) is 26.2. The molecule has 8 heteroatoms. The summed E-state index contributed by atoms with van der Waals surface area (Å²) in [6.45, 7) is 0.0885. The summed E-state index contributed by atoms with van der Waals surface area (Å²) in [5.74, 6) is 0.315. The summed E-state index contributed by atoms with van der Waals surface area (Å²) >= 11 is 0. The minimum atomic E-state index is -0.684. The highest BCUT2D eigenvalue weighted by molar-refractivity contribution is 6.11. The first-order valence-electron chi connectivity index (χ1n) is 6.35. The number of amides is 2. The second-order valence-electron chi connectivity index (χ2n) is 4.94. The molecule has 4 rings (SSSR count). The van der Waals surface area contributed by atoms with Crippen LogP contribution in [-0.2, 0) is 4.79 Å². The van der Waals surface area contributed by atoms with Crippen molar-refractivity contribution in [3.63, 3.8) is 0 Å². The lowest BCUT2D eigenvalue weighted by atomic mass is 10.1. The van der Waals surface area contributed by atoms with Crippen molar-refractivity contribution in [1.29, 1.82) is 0 Å². The molecule has 1 atom stereocenters. The highest BCUT2D eigenvalue weighted by Crippen LogP contribution is 2.39. The molecule has 3 heterocycles. The van der Waals surface area contributed by atoms with Gasteiger partial charge in [0.25, 0.3) is 5.91 Å². The third kappa shape index (κ3) is 1.66. The van der Waals surface area contributed by atoms with Crippen LogP contribution in [0.1, 0.15) is 16.8 Å². The van der Waals surface area contributed by atoms with E-state index in [1.54, 1.807) is 12.1 Å². The average molecular weight is 289 g/mol. The third-order valence-corrected chi connectivity index (χ3v) is 3.73. The molecule has 108 valence electrons. The van der Waals surface area contributed by atoms with Crippen LogP contribution in [0.4, 0.5) is 5.69 Å². The van der Waals surface area contributed by atoms with Gasteiger partial charge in [0.05, 0.1) is 16.9 Å². The van der Waals surface area contributed by atoms with E-state index < -0.39 is 6.04 Å². The number of hydroxylamine groups is 1. The van der Waals surface area contributed by atoms with Crippen molar-refractivity contribution in [2.45, 2.75) is 12.5 Å². The monoisotopic (exact) mass is 289 g/mol. The molecule has 0 bridgehead atoms. The van der Waals surface area contributed by atoms with E-state index in [9.17, 15) is 9.59 Å². The lowest BCUT2D eigenvalue weighted by molar-refractivity contribution is -0.119. The second kappa shape index (κ2) is 4.13. The molecule has 2 amide bonds. The number of benzene rings is 1. The standard InChI is InChI=1S/C13H11N3O5/c17-12-9-1-6(15-19)4-16(9)13(18)7-2-10-11(21-5-20-10)3-8(7)14-12/h2-4,9,15,19H,1,5H2,(H,14,17). The van der Waals surface area contributed by atoms with Crippen molar-refractivity contribution in [2.75, 3.05) is 12.1 Å². The zero-order valence-corrected chi connectivity index (χ0v) is 10.8. The number of rotatable bonds is 1. The Morgan fingerprint density at radius 2 is 2.05 bits per heavy atom. The quantitative estimate of drug-likeness (QED) is 0.647. The van der Waals surface area contributed by atoms with Crippen molar-refractivity contribution in [2.24, 2.45) is 0 Å². The van der Waals surface area contributed by atoms with Gasteiger partial charge in [-0.05, 0) is 6.07 Å². The fraction of sp³-hybridized carbons (Fsp3) is 0.231. The minimum Gasteiger partial charge on any atom is -0.454 e. The van der Waals surface area contributed by atoms with Gasteiger partial charge in [0.15, 0.2) is 11.5 Å². The van der Waals surface area contributed by atoms with Crippen LogP contribution in [0.15, 0.2) is 24.0 Å². The van der Waals surface area contributed by atoms with Gasteiger partial charge in [0.2, 0.25) is 12.7 Å². The van der Waals surface area contributed by atoms with E-state index in [0.29, 0.717) is 28.4 Å². The minimum absolute atomic E-state index is 0.0885. The van der Waals surface area contributed by atoms with Crippen molar-refractivity contribution in [3.8, 4) is 11.5 Å². The topological polar surface area (TPSA) is 100 Å². The number of carbonyl (C=O) groups excluding carboxylic acids is 2. The zero-order chi connectivity index (χ0) is 14.6. The molecule has 0 aliphatic carbocycles. The molecule has 0 spiro atoms. The van der Waals surface area contributed by atoms with E-state index in [4.69, 9.17) is 14.7 Å². The average Bonchev–Trinajstić information content (AvgIpc) is 3.09. The molecule has 8 nitrogen and oxygen atoms in total. The number of hydrogen-bond acceptors (Lipinski definition) is 6. The Balaban J connectivity index is 1.83. The van der Waals surface area contributed by atoms with Gasteiger partial charge in [-0.1, -0.05) is 0 Å². The number of fused-ring (bicyclic) bond motifs is 3. The number of nitrogens with zero attached hydrogens (tertiary/aromatic N) is 1. The summed E-state index contributed by atoms with van der Waals surface area (Å²) in [6.07, 6.45) is 1.67. The molecule has 0 radical (unpaired) electrons. The van der Waals surface area contributed by atoms with Crippen molar-refractivity contribution < 1.29 is 24.3 Å². The van der Waals surface area contributed by atoms with Gasteiger partial charge < -0.3 is 19.7 Å².